The van der Waals surface area contributed by atoms with Gasteiger partial charge >= 0.3 is 6.04 Å². The van der Waals surface area contributed by atoms with Crippen LogP contribution in [0.2, 0.25) is 0 Å². The molecule has 0 radical (unpaired) electrons. The lowest BCUT2D eigenvalue weighted by molar-refractivity contribution is -0.131. The standard InChI is InChI=1S/C5H9FN2O/c6-5(9)4-3-7-1-2-8-4/h4,7-8H,1-3H2. The van der Waals surface area contributed by atoms with Gasteiger partial charge in [-0.25, -0.2) is 0 Å². The van der Waals surface area contributed by atoms with E-state index in [0.29, 0.717) is 13.1 Å². The highest BCUT2D eigenvalue weighted by molar-refractivity contribution is 5.74. The molecule has 0 aromatic carbocycles. The predicted octanol–water partition coefficient (Wildman–Crippen LogP) is -0.956. The first-order valence-corrected chi connectivity index (χ1v) is 2.94. The number of hydrogen-bond donors (Lipinski definition) is 2. The van der Waals surface area contributed by atoms with Gasteiger partial charge in [0.05, 0.1) is 0 Å². The van der Waals surface area contributed by atoms with E-state index in [1.54, 1.807) is 0 Å². The molecule has 1 aliphatic rings. The van der Waals surface area contributed by atoms with E-state index in [9.17, 15) is 9.18 Å². The SMILES string of the molecule is O=C(F)C1CNCCN1. The third-order valence-electron chi connectivity index (χ3n) is 1.31. The number of carbonyl (C=O) groups is 1. The van der Waals surface area contributed by atoms with Crippen LogP contribution in [0.5, 0.6) is 0 Å². The molecule has 4 heteroatoms. The van der Waals surface area contributed by atoms with E-state index in [0.717, 1.165) is 6.54 Å². The Morgan fingerprint density at radius 1 is 1.56 bits per heavy atom. The van der Waals surface area contributed by atoms with Crippen LogP contribution in [0.25, 0.3) is 0 Å². The Labute approximate surface area is 52.6 Å². The maximum Gasteiger partial charge on any atom is 0.319 e. The Hall–Kier alpha value is -0.480. The van der Waals surface area contributed by atoms with Crippen molar-refractivity contribution in [3.8, 4) is 0 Å². The molecule has 1 heterocycles. The molecule has 0 aliphatic carbocycles. The van der Waals surface area contributed by atoms with E-state index >= 15 is 0 Å². The van der Waals surface area contributed by atoms with E-state index in [-0.39, 0.29) is 0 Å². The van der Waals surface area contributed by atoms with E-state index in [1.165, 1.54) is 0 Å². The molecular formula is C5H9FN2O. The highest BCUT2D eigenvalue weighted by Crippen LogP contribution is 1.88. The van der Waals surface area contributed by atoms with Crippen LogP contribution in [0.15, 0.2) is 0 Å². The molecule has 0 aromatic heterocycles. The van der Waals surface area contributed by atoms with Gasteiger partial charge in [0.1, 0.15) is 6.04 Å². The van der Waals surface area contributed by atoms with Crippen LogP contribution < -0.4 is 10.6 Å². The Kier molecular flexibility index (Phi) is 2.13. The van der Waals surface area contributed by atoms with Gasteiger partial charge in [-0.05, 0) is 0 Å². The topological polar surface area (TPSA) is 41.1 Å². The lowest BCUT2D eigenvalue weighted by Crippen LogP contribution is -2.51. The summed E-state index contributed by atoms with van der Waals surface area (Å²) >= 11 is 0. The van der Waals surface area contributed by atoms with Gasteiger partial charge in [0.15, 0.2) is 0 Å². The van der Waals surface area contributed by atoms with Gasteiger partial charge in [0.2, 0.25) is 0 Å². The Morgan fingerprint density at radius 2 is 2.33 bits per heavy atom. The predicted molar refractivity (Wildman–Crippen MR) is 30.8 cm³/mol. The number of carbonyl (C=O) groups excluding carboxylic acids is 1. The Morgan fingerprint density at radius 3 is 2.67 bits per heavy atom. The summed E-state index contributed by atoms with van der Waals surface area (Å²) < 4.78 is 11.8. The molecule has 1 unspecified atom stereocenters. The summed E-state index contributed by atoms with van der Waals surface area (Å²) in [7, 11) is 0. The molecule has 0 saturated carbocycles. The second-order valence-electron chi connectivity index (χ2n) is 2.01. The molecule has 9 heavy (non-hydrogen) atoms. The fourth-order valence-electron chi connectivity index (χ4n) is 0.814. The number of halogens is 1. The first kappa shape index (κ1) is 6.64. The summed E-state index contributed by atoms with van der Waals surface area (Å²) in [4.78, 5) is 10.0. The monoisotopic (exact) mass is 132 g/mol. The van der Waals surface area contributed by atoms with Gasteiger partial charge in [-0.2, -0.15) is 4.39 Å². The quantitative estimate of drug-likeness (QED) is 0.452. The van der Waals surface area contributed by atoms with Crippen LogP contribution >= 0.6 is 0 Å². The number of hydrogen-bond acceptors (Lipinski definition) is 3. The lowest BCUT2D eigenvalue weighted by atomic mass is 10.2. The first-order valence-electron chi connectivity index (χ1n) is 2.94. The summed E-state index contributed by atoms with van der Waals surface area (Å²) in [5, 5.41) is 5.62. The molecule has 1 rings (SSSR count). The third-order valence-corrected chi connectivity index (χ3v) is 1.31. The van der Waals surface area contributed by atoms with Gasteiger partial charge in [-0.1, -0.05) is 0 Å². The minimum absolute atomic E-state index is 0.412. The zero-order chi connectivity index (χ0) is 6.69. The Bertz CT molecular complexity index is 112. The van der Waals surface area contributed by atoms with Gasteiger partial charge in [0, 0.05) is 19.6 Å². The largest absolute Gasteiger partial charge is 0.319 e. The number of nitrogens with one attached hydrogen (secondary N) is 2. The van der Waals surface area contributed by atoms with Gasteiger partial charge < -0.3 is 10.6 Å². The molecule has 1 fully saturated rings. The average Bonchev–Trinajstić information content (AvgIpc) is 1.90. The van der Waals surface area contributed by atoms with Crippen molar-refractivity contribution in [1.82, 2.24) is 10.6 Å². The normalized spacial score (nSPS) is 27.9. The van der Waals surface area contributed by atoms with Crippen molar-refractivity contribution < 1.29 is 9.18 Å². The van der Waals surface area contributed by atoms with E-state index in [4.69, 9.17) is 0 Å². The number of rotatable bonds is 1. The van der Waals surface area contributed by atoms with Crippen molar-refractivity contribution in [3.63, 3.8) is 0 Å². The second kappa shape index (κ2) is 2.89. The molecule has 0 amide bonds. The van der Waals surface area contributed by atoms with Crippen LogP contribution in [-0.2, 0) is 4.79 Å². The van der Waals surface area contributed by atoms with E-state index in [1.807, 2.05) is 0 Å². The van der Waals surface area contributed by atoms with Crippen molar-refractivity contribution in [3.05, 3.63) is 0 Å². The lowest BCUT2D eigenvalue weighted by Gasteiger charge is -2.19. The van der Waals surface area contributed by atoms with Crippen LogP contribution in [0.4, 0.5) is 4.39 Å². The summed E-state index contributed by atoms with van der Waals surface area (Å²) in [5.74, 6) is 0. The smallest absolute Gasteiger partial charge is 0.313 e. The summed E-state index contributed by atoms with van der Waals surface area (Å²) in [6.45, 7) is 1.89. The average molecular weight is 132 g/mol. The molecular weight excluding hydrogens is 123 g/mol. The molecule has 1 saturated heterocycles. The van der Waals surface area contributed by atoms with Crippen molar-refractivity contribution in [2.45, 2.75) is 6.04 Å². The molecule has 0 bridgehead atoms. The van der Waals surface area contributed by atoms with Crippen molar-refractivity contribution in [2.75, 3.05) is 19.6 Å². The summed E-state index contributed by atoms with van der Waals surface area (Å²) in [6, 6.07) is -1.89. The second-order valence-corrected chi connectivity index (χ2v) is 2.01. The van der Waals surface area contributed by atoms with Gasteiger partial charge in [-0.15, -0.1) is 0 Å². The van der Waals surface area contributed by atoms with Gasteiger partial charge in [-0.3, -0.25) is 4.79 Å². The maximum atomic E-state index is 11.8. The summed E-state index contributed by atoms with van der Waals surface area (Å²) in [6.07, 6.45) is 0. The fraction of sp³-hybridized carbons (Fsp3) is 0.800. The Balaban J connectivity index is 2.31. The minimum atomic E-state index is -1.28. The van der Waals surface area contributed by atoms with Gasteiger partial charge in [0.25, 0.3) is 0 Å². The van der Waals surface area contributed by atoms with Crippen molar-refractivity contribution in [1.29, 1.82) is 0 Å². The van der Waals surface area contributed by atoms with Crippen LogP contribution in [0, 0.1) is 0 Å². The number of piperazine rings is 1. The zero-order valence-corrected chi connectivity index (χ0v) is 4.98. The zero-order valence-electron chi connectivity index (χ0n) is 4.98. The van der Waals surface area contributed by atoms with Crippen LogP contribution in [0.3, 0.4) is 0 Å². The third kappa shape index (κ3) is 1.73. The highest BCUT2D eigenvalue weighted by Gasteiger charge is 2.18. The molecule has 52 valence electrons. The van der Waals surface area contributed by atoms with Crippen molar-refractivity contribution >= 4 is 6.04 Å². The molecule has 3 nitrogen and oxygen atoms in total. The molecule has 0 aromatic rings. The maximum absolute atomic E-state index is 11.8. The van der Waals surface area contributed by atoms with Crippen LogP contribution in [0.1, 0.15) is 0 Å². The fourth-order valence-corrected chi connectivity index (χ4v) is 0.814. The first-order chi connectivity index (χ1) is 4.30. The summed E-state index contributed by atoms with van der Waals surface area (Å²) in [5.41, 5.74) is 0. The molecule has 1 aliphatic heterocycles. The minimum Gasteiger partial charge on any atom is -0.313 e. The van der Waals surface area contributed by atoms with E-state index in [2.05, 4.69) is 10.6 Å². The highest BCUT2D eigenvalue weighted by atomic mass is 19.1. The van der Waals surface area contributed by atoms with E-state index < -0.39 is 12.1 Å². The molecule has 1 atom stereocenters. The van der Waals surface area contributed by atoms with Crippen molar-refractivity contribution in [2.24, 2.45) is 0 Å². The molecule has 0 spiro atoms. The van der Waals surface area contributed by atoms with Crippen LogP contribution in [-0.4, -0.2) is 31.7 Å². The molecule has 2 N–H and O–H groups in total.